The molecule has 2 rings (SSSR count). The minimum atomic E-state index is -0.380. The second-order valence-electron chi connectivity index (χ2n) is 4.04. The summed E-state index contributed by atoms with van der Waals surface area (Å²) in [4.78, 5) is 13.9. The number of aromatic nitrogens is 2. The van der Waals surface area contributed by atoms with Crippen LogP contribution in [0.15, 0.2) is 18.5 Å². The third-order valence-corrected chi connectivity index (χ3v) is 2.95. The maximum absolute atomic E-state index is 12.3. The molecule has 6 nitrogen and oxygen atoms in total. The minimum Gasteiger partial charge on any atom is -0.322 e. The Morgan fingerprint density at radius 2 is 2.53 bits per heavy atom. The number of carbonyl (C=O) groups is 1. The monoisotopic (exact) mass is 233 g/mol. The number of rotatable bonds is 2. The molecule has 0 radical (unpaired) electrons. The summed E-state index contributed by atoms with van der Waals surface area (Å²) in [5, 5.41) is 16.2. The lowest BCUT2D eigenvalue weighted by Crippen LogP contribution is -2.54. The molecule has 0 aliphatic carbocycles. The van der Waals surface area contributed by atoms with E-state index in [2.05, 4.69) is 16.5 Å². The minimum absolute atomic E-state index is 0.0539. The second kappa shape index (κ2) is 4.97. The molecule has 90 valence electrons. The van der Waals surface area contributed by atoms with E-state index < -0.39 is 0 Å². The Balaban J connectivity index is 2.11. The van der Waals surface area contributed by atoms with Gasteiger partial charge in [-0.3, -0.25) is 9.48 Å². The highest BCUT2D eigenvalue weighted by Crippen LogP contribution is 2.12. The molecule has 0 bridgehead atoms. The van der Waals surface area contributed by atoms with E-state index in [0.717, 1.165) is 6.54 Å². The average Bonchev–Trinajstić information content (AvgIpc) is 2.90. The normalized spacial score (nSPS) is 21.9. The average molecular weight is 233 g/mol. The van der Waals surface area contributed by atoms with E-state index in [0.29, 0.717) is 13.1 Å². The number of amides is 1. The molecule has 2 atom stereocenters. The van der Waals surface area contributed by atoms with Gasteiger partial charge in [0.25, 0.3) is 0 Å². The van der Waals surface area contributed by atoms with E-state index in [4.69, 9.17) is 5.26 Å². The fourth-order valence-electron chi connectivity index (χ4n) is 1.95. The van der Waals surface area contributed by atoms with Crippen LogP contribution in [0.3, 0.4) is 0 Å². The van der Waals surface area contributed by atoms with Crippen molar-refractivity contribution in [1.82, 2.24) is 20.0 Å². The van der Waals surface area contributed by atoms with Gasteiger partial charge in [-0.05, 0) is 13.0 Å². The number of nitrogens with one attached hydrogen (secondary N) is 1. The molecule has 0 aromatic carbocycles. The summed E-state index contributed by atoms with van der Waals surface area (Å²) in [6.07, 6.45) is 3.40. The maximum Gasteiger partial charge on any atom is 0.248 e. The number of hydrogen-bond acceptors (Lipinski definition) is 4. The van der Waals surface area contributed by atoms with Crippen LogP contribution in [0.5, 0.6) is 0 Å². The summed E-state index contributed by atoms with van der Waals surface area (Å²) in [7, 11) is 0. The molecule has 1 aromatic rings. The highest BCUT2D eigenvalue weighted by molar-refractivity contribution is 5.80. The molecule has 1 saturated heterocycles. The fourth-order valence-corrected chi connectivity index (χ4v) is 1.95. The van der Waals surface area contributed by atoms with Crippen LogP contribution in [0.1, 0.15) is 13.0 Å². The molecule has 2 unspecified atom stereocenters. The number of nitrogens with zero attached hydrogens (tertiary/aromatic N) is 4. The van der Waals surface area contributed by atoms with Crippen molar-refractivity contribution in [3.63, 3.8) is 0 Å². The van der Waals surface area contributed by atoms with Crippen molar-refractivity contribution in [3.8, 4) is 6.07 Å². The first-order valence-electron chi connectivity index (χ1n) is 5.64. The zero-order valence-electron chi connectivity index (χ0n) is 9.71. The van der Waals surface area contributed by atoms with Crippen molar-refractivity contribution in [3.05, 3.63) is 18.5 Å². The first-order valence-corrected chi connectivity index (χ1v) is 5.64. The van der Waals surface area contributed by atoms with Crippen molar-refractivity contribution < 1.29 is 4.79 Å². The van der Waals surface area contributed by atoms with Gasteiger partial charge >= 0.3 is 0 Å². The topological polar surface area (TPSA) is 74.0 Å². The lowest BCUT2D eigenvalue weighted by atomic mass is 10.1. The third kappa shape index (κ3) is 2.29. The van der Waals surface area contributed by atoms with Crippen molar-refractivity contribution in [2.24, 2.45) is 0 Å². The molecule has 2 heterocycles. The van der Waals surface area contributed by atoms with Crippen molar-refractivity contribution >= 4 is 5.91 Å². The van der Waals surface area contributed by atoms with Gasteiger partial charge in [0.15, 0.2) is 0 Å². The maximum atomic E-state index is 12.3. The molecule has 1 aromatic heterocycles. The summed E-state index contributed by atoms with van der Waals surface area (Å²) in [5.41, 5.74) is 0. The van der Waals surface area contributed by atoms with Gasteiger partial charge in [0.1, 0.15) is 12.1 Å². The molecule has 0 spiro atoms. The summed E-state index contributed by atoms with van der Waals surface area (Å²) >= 11 is 0. The Kier molecular flexibility index (Phi) is 3.40. The van der Waals surface area contributed by atoms with E-state index in [-0.39, 0.29) is 18.0 Å². The summed E-state index contributed by atoms with van der Waals surface area (Å²) in [5.74, 6) is -0.0539. The van der Waals surface area contributed by atoms with Crippen molar-refractivity contribution in [2.45, 2.75) is 19.0 Å². The second-order valence-corrected chi connectivity index (χ2v) is 4.04. The first-order chi connectivity index (χ1) is 8.24. The lowest BCUT2D eigenvalue weighted by molar-refractivity contribution is -0.136. The van der Waals surface area contributed by atoms with Crippen molar-refractivity contribution in [2.75, 3.05) is 19.6 Å². The smallest absolute Gasteiger partial charge is 0.248 e. The number of nitriles is 1. The summed E-state index contributed by atoms with van der Waals surface area (Å²) in [6.45, 7) is 3.64. The molecule has 17 heavy (non-hydrogen) atoms. The molecular formula is C11H15N5O. The Bertz CT molecular complexity index is 422. The molecule has 1 aliphatic heterocycles. The van der Waals surface area contributed by atoms with E-state index in [1.165, 1.54) is 0 Å². The van der Waals surface area contributed by atoms with Crippen LogP contribution in [0.4, 0.5) is 0 Å². The van der Waals surface area contributed by atoms with Gasteiger partial charge in [0.2, 0.25) is 5.91 Å². The Hall–Kier alpha value is -1.87. The third-order valence-electron chi connectivity index (χ3n) is 2.95. The Morgan fingerprint density at radius 1 is 1.71 bits per heavy atom. The van der Waals surface area contributed by atoms with Crippen LogP contribution < -0.4 is 5.32 Å². The van der Waals surface area contributed by atoms with Crippen molar-refractivity contribution in [1.29, 1.82) is 5.26 Å². The van der Waals surface area contributed by atoms with Crippen LogP contribution in [0, 0.1) is 11.3 Å². The highest BCUT2D eigenvalue weighted by atomic mass is 16.2. The molecular weight excluding hydrogens is 218 g/mol. The number of piperazine rings is 1. The van der Waals surface area contributed by atoms with Crippen LogP contribution >= 0.6 is 0 Å². The predicted molar refractivity (Wildman–Crippen MR) is 60.9 cm³/mol. The molecule has 6 heteroatoms. The lowest BCUT2D eigenvalue weighted by Gasteiger charge is -2.33. The van der Waals surface area contributed by atoms with Gasteiger partial charge in [-0.25, -0.2) is 0 Å². The van der Waals surface area contributed by atoms with Gasteiger partial charge in [-0.2, -0.15) is 10.4 Å². The van der Waals surface area contributed by atoms with Crippen LogP contribution in [-0.4, -0.2) is 46.3 Å². The zero-order valence-corrected chi connectivity index (χ0v) is 9.71. The SMILES string of the molecule is CC(C(=O)N1CCNCC1C#N)n1cccn1. The van der Waals surface area contributed by atoms with Crippen LogP contribution in [0.2, 0.25) is 0 Å². The van der Waals surface area contributed by atoms with Gasteiger partial charge in [0, 0.05) is 32.0 Å². The summed E-state index contributed by atoms with van der Waals surface area (Å²) < 4.78 is 1.61. The standard InChI is InChI=1S/C11H15N5O/c1-9(16-5-2-3-14-16)11(17)15-6-4-13-8-10(15)7-12/h2-3,5,9-10,13H,4,6,8H2,1H3. The van der Waals surface area contributed by atoms with E-state index in [1.54, 1.807) is 35.0 Å². The van der Waals surface area contributed by atoms with Crippen LogP contribution in [0.25, 0.3) is 0 Å². The van der Waals surface area contributed by atoms with Gasteiger partial charge in [-0.1, -0.05) is 0 Å². The van der Waals surface area contributed by atoms with E-state index >= 15 is 0 Å². The fraction of sp³-hybridized carbons (Fsp3) is 0.545. The Labute approximate surface area is 99.8 Å². The molecule has 1 fully saturated rings. The molecule has 1 amide bonds. The predicted octanol–water partition coefficient (Wildman–Crippen LogP) is -0.232. The largest absolute Gasteiger partial charge is 0.322 e. The summed E-state index contributed by atoms with van der Waals surface area (Å²) in [6, 6.07) is 3.19. The van der Waals surface area contributed by atoms with Crippen LogP contribution in [-0.2, 0) is 4.79 Å². The molecule has 0 saturated carbocycles. The van der Waals surface area contributed by atoms with E-state index in [1.807, 2.05) is 0 Å². The highest BCUT2D eigenvalue weighted by Gasteiger charge is 2.30. The quantitative estimate of drug-likeness (QED) is 0.765. The Morgan fingerprint density at radius 3 is 3.18 bits per heavy atom. The van der Waals surface area contributed by atoms with Gasteiger partial charge in [-0.15, -0.1) is 0 Å². The molecule has 1 N–H and O–H groups in total. The first kappa shape index (κ1) is 11.6. The van der Waals surface area contributed by atoms with E-state index in [9.17, 15) is 4.79 Å². The number of hydrogen-bond donors (Lipinski definition) is 1. The van der Waals surface area contributed by atoms with Gasteiger partial charge < -0.3 is 10.2 Å². The zero-order chi connectivity index (χ0) is 12.3. The number of carbonyl (C=O) groups excluding carboxylic acids is 1. The van der Waals surface area contributed by atoms with Gasteiger partial charge in [0.05, 0.1) is 6.07 Å². The molecule has 1 aliphatic rings.